The van der Waals surface area contributed by atoms with Crippen LogP contribution in [0, 0.1) is 20.8 Å². The van der Waals surface area contributed by atoms with Crippen LogP contribution in [0.1, 0.15) is 16.7 Å². The van der Waals surface area contributed by atoms with Crippen LogP contribution in [0.4, 0.5) is 11.1 Å². The van der Waals surface area contributed by atoms with Crippen LogP contribution in [0.25, 0.3) is 11.3 Å². The number of morpholine rings is 1. The number of hydrogen-bond acceptors (Lipinski definition) is 8. The molecule has 0 unspecified atom stereocenters. The molecule has 10 heteroatoms. The summed E-state index contributed by atoms with van der Waals surface area (Å²) in [5, 5.41) is 14.7. The van der Waals surface area contributed by atoms with Crippen molar-refractivity contribution in [2.75, 3.05) is 42.3 Å². The van der Waals surface area contributed by atoms with E-state index < -0.39 is 0 Å². The van der Waals surface area contributed by atoms with Gasteiger partial charge in [-0.1, -0.05) is 17.8 Å². The third-order valence-electron chi connectivity index (χ3n) is 5.31. The Kier molecular flexibility index (Phi) is 6.59. The summed E-state index contributed by atoms with van der Waals surface area (Å²) >= 11 is 2.80. The first kappa shape index (κ1) is 21.8. The molecule has 164 valence electrons. The van der Waals surface area contributed by atoms with Crippen molar-refractivity contribution in [1.82, 2.24) is 19.7 Å². The molecule has 8 nitrogen and oxygen atoms in total. The Labute approximate surface area is 190 Å². The van der Waals surface area contributed by atoms with Gasteiger partial charge in [-0.3, -0.25) is 9.36 Å². The Morgan fingerprint density at radius 3 is 2.68 bits per heavy atom. The lowest BCUT2D eigenvalue weighted by Crippen LogP contribution is -2.37. The molecule has 1 aromatic carbocycles. The largest absolute Gasteiger partial charge is 0.378 e. The number of thiazole rings is 1. The first-order chi connectivity index (χ1) is 14.9. The van der Waals surface area contributed by atoms with Crippen LogP contribution in [0.15, 0.2) is 22.7 Å². The number of benzene rings is 1. The number of nitrogens with zero attached hydrogens (tertiary/aromatic N) is 5. The van der Waals surface area contributed by atoms with Crippen molar-refractivity contribution in [2.45, 2.75) is 25.9 Å². The first-order valence-corrected chi connectivity index (χ1v) is 12.0. The van der Waals surface area contributed by atoms with Crippen molar-refractivity contribution in [3.05, 3.63) is 34.2 Å². The van der Waals surface area contributed by atoms with Gasteiger partial charge in [0, 0.05) is 31.1 Å². The highest BCUT2D eigenvalue weighted by Gasteiger charge is 2.19. The Morgan fingerprint density at radius 2 is 1.90 bits per heavy atom. The molecular weight excluding hydrogens is 432 g/mol. The fourth-order valence-electron chi connectivity index (χ4n) is 3.45. The number of hydrogen-bond donors (Lipinski definition) is 1. The third kappa shape index (κ3) is 4.91. The molecular formula is C21H26N6O2S2. The van der Waals surface area contributed by atoms with Gasteiger partial charge in [-0.25, -0.2) is 4.98 Å². The van der Waals surface area contributed by atoms with E-state index in [-0.39, 0.29) is 11.7 Å². The summed E-state index contributed by atoms with van der Waals surface area (Å²) in [6.07, 6.45) is 0. The number of nitrogens with one attached hydrogen (secondary N) is 1. The molecule has 31 heavy (non-hydrogen) atoms. The van der Waals surface area contributed by atoms with Crippen LogP contribution in [0.2, 0.25) is 0 Å². The quantitative estimate of drug-likeness (QED) is 0.567. The van der Waals surface area contributed by atoms with Gasteiger partial charge in [-0.05, 0) is 43.5 Å². The van der Waals surface area contributed by atoms with Gasteiger partial charge in [0.2, 0.25) is 11.9 Å². The lowest BCUT2D eigenvalue weighted by atomic mass is 9.99. The molecule has 0 aliphatic carbocycles. The summed E-state index contributed by atoms with van der Waals surface area (Å²) < 4.78 is 7.31. The molecule has 0 bridgehead atoms. The molecule has 0 atom stereocenters. The summed E-state index contributed by atoms with van der Waals surface area (Å²) in [6.45, 7) is 9.26. The predicted molar refractivity (Wildman–Crippen MR) is 125 cm³/mol. The van der Waals surface area contributed by atoms with Crippen LogP contribution in [0.3, 0.4) is 0 Å². The van der Waals surface area contributed by atoms with Gasteiger partial charge >= 0.3 is 0 Å². The summed E-state index contributed by atoms with van der Waals surface area (Å²) in [5.41, 5.74) is 5.67. The summed E-state index contributed by atoms with van der Waals surface area (Å²) in [6, 6.07) is 4.33. The van der Waals surface area contributed by atoms with Crippen LogP contribution >= 0.6 is 23.1 Å². The number of thioether (sulfide) groups is 1. The van der Waals surface area contributed by atoms with Gasteiger partial charge in [-0.15, -0.1) is 21.5 Å². The molecule has 0 spiro atoms. The van der Waals surface area contributed by atoms with E-state index in [1.54, 1.807) is 0 Å². The zero-order chi connectivity index (χ0) is 22.0. The van der Waals surface area contributed by atoms with E-state index in [2.05, 4.69) is 58.3 Å². The van der Waals surface area contributed by atoms with Crippen molar-refractivity contribution in [1.29, 1.82) is 0 Å². The van der Waals surface area contributed by atoms with Gasteiger partial charge < -0.3 is 15.0 Å². The Morgan fingerprint density at radius 1 is 1.16 bits per heavy atom. The molecule has 3 heterocycles. The molecule has 1 aliphatic heterocycles. The highest BCUT2D eigenvalue weighted by molar-refractivity contribution is 7.99. The molecule has 4 rings (SSSR count). The van der Waals surface area contributed by atoms with E-state index in [4.69, 9.17) is 4.74 Å². The zero-order valence-corrected chi connectivity index (χ0v) is 19.8. The van der Waals surface area contributed by atoms with E-state index >= 15 is 0 Å². The Balaban J connectivity index is 1.36. The second-order valence-electron chi connectivity index (χ2n) is 7.57. The topological polar surface area (TPSA) is 85.2 Å². The predicted octanol–water partition coefficient (Wildman–Crippen LogP) is 3.43. The standard InChI is InChI=1S/C21H26N6O2S2/c1-13-9-15(3)16(10-14(13)2)17-11-30-19(22-17)23-18(28)12-31-21-25-24-20(26(21)4)27-5-7-29-8-6-27/h9-11H,5-8,12H2,1-4H3,(H,22,23,28). The molecule has 1 amide bonds. The Bertz CT molecular complexity index is 1090. The van der Waals surface area contributed by atoms with E-state index in [1.165, 1.54) is 39.8 Å². The maximum Gasteiger partial charge on any atom is 0.236 e. The van der Waals surface area contributed by atoms with Gasteiger partial charge in [0.05, 0.1) is 24.7 Å². The number of rotatable bonds is 6. The van der Waals surface area contributed by atoms with E-state index in [9.17, 15) is 4.79 Å². The molecule has 0 saturated carbocycles. The van der Waals surface area contributed by atoms with Crippen molar-refractivity contribution < 1.29 is 9.53 Å². The molecule has 2 aromatic heterocycles. The van der Waals surface area contributed by atoms with E-state index in [0.717, 1.165) is 30.3 Å². The lowest BCUT2D eigenvalue weighted by molar-refractivity contribution is -0.113. The SMILES string of the molecule is Cc1cc(C)c(-c2csc(NC(=O)CSc3nnc(N4CCOCC4)n3C)n2)cc1C. The lowest BCUT2D eigenvalue weighted by Gasteiger charge is -2.27. The summed E-state index contributed by atoms with van der Waals surface area (Å²) in [5.74, 6) is 0.935. The van der Waals surface area contributed by atoms with E-state index in [0.29, 0.717) is 23.5 Å². The number of ether oxygens (including phenoxy) is 1. The Hall–Kier alpha value is -2.43. The number of amides is 1. The molecule has 0 radical (unpaired) electrons. The summed E-state index contributed by atoms with van der Waals surface area (Å²) in [7, 11) is 1.92. The summed E-state index contributed by atoms with van der Waals surface area (Å²) in [4.78, 5) is 19.2. The van der Waals surface area contributed by atoms with Crippen molar-refractivity contribution in [3.63, 3.8) is 0 Å². The van der Waals surface area contributed by atoms with Crippen molar-refractivity contribution in [3.8, 4) is 11.3 Å². The van der Waals surface area contributed by atoms with Crippen molar-refractivity contribution >= 4 is 40.1 Å². The average Bonchev–Trinajstić information content (AvgIpc) is 3.36. The first-order valence-electron chi connectivity index (χ1n) is 10.1. The highest BCUT2D eigenvalue weighted by Crippen LogP contribution is 2.29. The number of anilines is 2. The monoisotopic (exact) mass is 458 g/mol. The van der Waals surface area contributed by atoms with Gasteiger partial charge in [0.25, 0.3) is 0 Å². The zero-order valence-electron chi connectivity index (χ0n) is 18.1. The highest BCUT2D eigenvalue weighted by atomic mass is 32.2. The molecule has 1 N–H and O–H groups in total. The minimum atomic E-state index is -0.112. The second kappa shape index (κ2) is 9.37. The van der Waals surface area contributed by atoms with Gasteiger partial charge in [0.15, 0.2) is 10.3 Å². The van der Waals surface area contributed by atoms with Crippen LogP contribution in [-0.4, -0.2) is 57.7 Å². The van der Waals surface area contributed by atoms with Gasteiger partial charge in [0.1, 0.15) is 0 Å². The van der Waals surface area contributed by atoms with Crippen molar-refractivity contribution in [2.24, 2.45) is 7.05 Å². The average molecular weight is 459 g/mol. The second-order valence-corrected chi connectivity index (χ2v) is 9.37. The number of aromatic nitrogens is 4. The number of carbonyl (C=O) groups is 1. The van der Waals surface area contributed by atoms with Crippen LogP contribution < -0.4 is 10.2 Å². The molecule has 1 fully saturated rings. The fourth-order valence-corrected chi connectivity index (χ4v) is 4.88. The maximum absolute atomic E-state index is 12.5. The third-order valence-corrected chi connectivity index (χ3v) is 7.08. The number of aryl methyl sites for hydroxylation is 3. The smallest absolute Gasteiger partial charge is 0.236 e. The fraction of sp³-hybridized carbons (Fsp3) is 0.429. The normalized spacial score (nSPS) is 14.1. The van der Waals surface area contributed by atoms with Crippen LogP contribution in [0.5, 0.6) is 0 Å². The van der Waals surface area contributed by atoms with Gasteiger partial charge in [-0.2, -0.15) is 0 Å². The van der Waals surface area contributed by atoms with Crippen LogP contribution in [-0.2, 0) is 16.6 Å². The maximum atomic E-state index is 12.5. The molecule has 1 saturated heterocycles. The minimum Gasteiger partial charge on any atom is -0.378 e. The number of carbonyl (C=O) groups excluding carboxylic acids is 1. The minimum absolute atomic E-state index is 0.112. The molecule has 3 aromatic rings. The van der Waals surface area contributed by atoms with E-state index in [1.807, 2.05) is 17.0 Å². The molecule has 1 aliphatic rings.